The van der Waals surface area contributed by atoms with Gasteiger partial charge in [-0.15, -0.1) is 0 Å². The molecule has 37 heavy (non-hydrogen) atoms. The number of aromatic nitrogens is 4. The summed E-state index contributed by atoms with van der Waals surface area (Å²) < 4.78 is 34.4. The zero-order valence-corrected chi connectivity index (χ0v) is 22.9. The maximum absolute atomic E-state index is 10.8. The first-order chi connectivity index (χ1) is 17.6. The molecule has 0 spiro atoms. The van der Waals surface area contributed by atoms with Crippen LogP contribution in [0.2, 0.25) is 0 Å². The van der Waals surface area contributed by atoms with Crippen LogP contribution in [0.4, 0.5) is 30.6 Å². The lowest BCUT2D eigenvalue weighted by molar-refractivity contribution is -0.130. The third kappa shape index (κ3) is 7.56. The summed E-state index contributed by atoms with van der Waals surface area (Å²) in [5.41, 5.74) is 5.28. The first-order valence-corrected chi connectivity index (χ1v) is 13.1. The molecule has 1 saturated heterocycles. The Morgan fingerprint density at radius 2 is 1.68 bits per heavy atom. The monoisotopic (exact) mass is 519 g/mol. The van der Waals surface area contributed by atoms with Crippen molar-refractivity contribution in [2.75, 3.05) is 37.4 Å². The van der Waals surface area contributed by atoms with E-state index < -0.39 is 12.6 Å². The minimum Gasteiger partial charge on any atom is -0.341 e. The molecule has 0 amide bonds. The zero-order chi connectivity index (χ0) is 27.2. The smallest absolute Gasteiger partial charge is 0.341 e. The van der Waals surface area contributed by atoms with E-state index in [4.69, 9.17) is 15.1 Å². The molecule has 4 rings (SSSR count). The summed E-state index contributed by atoms with van der Waals surface area (Å²) >= 11 is 0. The molecule has 10 heteroatoms. The summed E-state index contributed by atoms with van der Waals surface area (Å²) in [5, 5.41) is 8.45. The summed E-state index contributed by atoms with van der Waals surface area (Å²) in [6.07, 6.45) is -0.560. The van der Waals surface area contributed by atoms with Gasteiger partial charge in [0, 0.05) is 31.7 Å². The predicted molar refractivity (Wildman–Crippen MR) is 145 cm³/mol. The Labute approximate surface area is 218 Å². The Morgan fingerprint density at radius 1 is 1.05 bits per heavy atom. The normalized spacial score (nSPS) is 14.9. The van der Waals surface area contributed by atoms with Crippen LogP contribution in [0, 0.1) is 6.92 Å². The van der Waals surface area contributed by atoms with Gasteiger partial charge in [-0.1, -0.05) is 38.5 Å². The van der Waals surface area contributed by atoms with E-state index in [2.05, 4.69) is 78.9 Å². The molecule has 1 fully saturated rings. The fraction of sp³-hybridized carbons (Fsp3) is 0.593. The largest absolute Gasteiger partial charge is 0.388 e. The zero-order valence-electron chi connectivity index (χ0n) is 22.9. The van der Waals surface area contributed by atoms with Gasteiger partial charge in [0.1, 0.15) is 11.0 Å². The Balaban J connectivity index is 0.000000568. The molecule has 0 aliphatic carbocycles. The molecule has 204 valence electrons. The van der Waals surface area contributed by atoms with Crippen LogP contribution in [0.15, 0.2) is 24.3 Å². The summed E-state index contributed by atoms with van der Waals surface area (Å²) in [5.74, 6) is 1.62. The van der Waals surface area contributed by atoms with Gasteiger partial charge in [0.15, 0.2) is 5.82 Å². The molecule has 1 N–H and O–H groups in total. The van der Waals surface area contributed by atoms with E-state index in [1.54, 1.807) is 0 Å². The Kier molecular flexibility index (Phi) is 9.75. The molecule has 0 bridgehead atoms. The number of nitrogens with one attached hydrogen (secondary N) is 1. The number of benzene rings is 1. The number of fused-ring (bicyclic) bond motifs is 1. The van der Waals surface area contributed by atoms with Crippen LogP contribution < -0.4 is 10.2 Å². The van der Waals surface area contributed by atoms with Gasteiger partial charge in [-0.2, -0.15) is 23.3 Å². The van der Waals surface area contributed by atoms with Gasteiger partial charge in [-0.25, -0.2) is 4.98 Å². The third-order valence-corrected chi connectivity index (χ3v) is 6.68. The number of anilines is 3. The van der Waals surface area contributed by atoms with Gasteiger partial charge >= 0.3 is 6.18 Å². The number of likely N-dealkylation sites (tertiary alicyclic amines) is 1. The summed E-state index contributed by atoms with van der Waals surface area (Å²) in [4.78, 5) is 14.7. The van der Waals surface area contributed by atoms with Crippen molar-refractivity contribution >= 4 is 28.5 Å². The molecule has 1 aromatic carbocycles. The average molecular weight is 520 g/mol. The molecule has 1 aliphatic heterocycles. The van der Waals surface area contributed by atoms with Gasteiger partial charge < -0.3 is 15.1 Å². The van der Waals surface area contributed by atoms with Crippen LogP contribution >= 0.6 is 0 Å². The molecular formula is C27H40F3N7. The molecule has 0 saturated carbocycles. The molecule has 1 aliphatic rings. The molecule has 3 heterocycles. The van der Waals surface area contributed by atoms with E-state index in [1.807, 2.05) is 0 Å². The van der Waals surface area contributed by atoms with Crippen LogP contribution in [0.25, 0.3) is 11.0 Å². The molecular weight excluding hydrogens is 479 g/mol. The van der Waals surface area contributed by atoms with Gasteiger partial charge in [-0.3, -0.25) is 4.68 Å². The van der Waals surface area contributed by atoms with E-state index in [0.717, 1.165) is 86.4 Å². The highest BCUT2D eigenvalue weighted by Gasteiger charge is 2.25. The molecule has 0 atom stereocenters. The number of nitrogens with zero attached hydrogens (tertiary/aromatic N) is 6. The minimum atomic E-state index is -3.96. The molecule has 3 aromatic rings. The average Bonchev–Trinajstić information content (AvgIpc) is 3.23. The van der Waals surface area contributed by atoms with E-state index in [9.17, 15) is 13.2 Å². The van der Waals surface area contributed by atoms with Crippen LogP contribution in [0.3, 0.4) is 0 Å². The fourth-order valence-corrected chi connectivity index (χ4v) is 4.31. The highest BCUT2D eigenvalue weighted by Crippen LogP contribution is 2.30. The lowest BCUT2D eigenvalue weighted by atomic mass is 10.0. The SMILES string of the molecule is CCC(F)(F)F.CCCn1nc(CC)c2nc(N(C)C3CCN(C)CC3)nc(Nc3ccc(C)cc3)c21. The van der Waals surface area contributed by atoms with E-state index in [1.165, 1.54) is 5.56 Å². The van der Waals surface area contributed by atoms with Crippen LogP contribution in [0.5, 0.6) is 0 Å². The lowest BCUT2D eigenvalue weighted by Crippen LogP contribution is -2.42. The van der Waals surface area contributed by atoms with Gasteiger partial charge in [0.2, 0.25) is 5.95 Å². The Morgan fingerprint density at radius 3 is 2.22 bits per heavy atom. The second kappa shape index (κ2) is 12.6. The molecule has 0 unspecified atom stereocenters. The summed E-state index contributed by atoms with van der Waals surface area (Å²) in [7, 11) is 4.33. The van der Waals surface area contributed by atoms with Gasteiger partial charge in [-0.05, 0) is 64.9 Å². The molecule has 2 aromatic heterocycles. The second-order valence-electron chi connectivity index (χ2n) is 9.70. The number of hydrogen-bond acceptors (Lipinski definition) is 6. The fourth-order valence-electron chi connectivity index (χ4n) is 4.31. The van der Waals surface area contributed by atoms with Crippen molar-refractivity contribution in [3.8, 4) is 0 Å². The number of alkyl halides is 3. The highest BCUT2D eigenvalue weighted by atomic mass is 19.4. The number of halogens is 3. The van der Waals surface area contributed by atoms with Crippen molar-refractivity contribution in [2.24, 2.45) is 0 Å². The number of piperidine rings is 1. The predicted octanol–water partition coefficient (Wildman–Crippen LogP) is 6.34. The second-order valence-corrected chi connectivity index (χ2v) is 9.70. The lowest BCUT2D eigenvalue weighted by Gasteiger charge is -2.35. The highest BCUT2D eigenvalue weighted by molar-refractivity contribution is 5.90. The molecule has 0 radical (unpaired) electrons. The van der Waals surface area contributed by atoms with Gasteiger partial charge in [0.05, 0.1) is 5.69 Å². The maximum Gasteiger partial charge on any atom is 0.388 e. The first kappa shape index (κ1) is 28.7. The number of hydrogen-bond donors (Lipinski definition) is 1. The number of rotatable bonds is 7. The van der Waals surface area contributed by atoms with Gasteiger partial charge in [0.25, 0.3) is 0 Å². The van der Waals surface area contributed by atoms with Crippen LogP contribution in [-0.2, 0) is 13.0 Å². The third-order valence-electron chi connectivity index (χ3n) is 6.68. The van der Waals surface area contributed by atoms with Crippen molar-refractivity contribution < 1.29 is 13.2 Å². The van der Waals surface area contributed by atoms with Crippen molar-refractivity contribution in [3.05, 3.63) is 35.5 Å². The summed E-state index contributed by atoms with van der Waals surface area (Å²) in [6.45, 7) is 10.6. The standard InChI is InChI=1S/C24H35N7.C3H5F3/c1-6-14-31-22-21(20(7-2)28-31)26-24(30(5)19-12-15-29(4)16-13-19)27-23(22)25-18-10-8-17(3)9-11-18;1-2-3(4,5)6/h8-11,19H,6-7,12-16H2,1-5H3,(H,25,26,27);2H2,1H3. The minimum absolute atomic E-state index is 0.455. The summed E-state index contributed by atoms with van der Waals surface area (Å²) in [6, 6.07) is 8.90. The van der Waals surface area contributed by atoms with E-state index >= 15 is 0 Å². The maximum atomic E-state index is 10.8. The van der Waals surface area contributed by atoms with E-state index in [0.29, 0.717) is 6.04 Å². The van der Waals surface area contributed by atoms with Crippen molar-refractivity contribution in [1.82, 2.24) is 24.6 Å². The van der Waals surface area contributed by atoms with Crippen molar-refractivity contribution in [2.45, 2.75) is 78.6 Å². The van der Waals surface area contributed by atoms with Crippen LogP contribution in [-0.4, -0.2) is 64.1 Å². The Bertz CT molecular complexity index is 1130. The first-order valence-electron chi connectivity index (χ1n) is 13.1. The molecule has 7 nitrogen and oxygen atoms in total. The topological polar surface area (TPSA) is 62.1 Å². The van der Waals surface area contributed by atoms with Crippen molar-refractivity contribution in [1.29, 1.82) is 0 Å². The quantitative estimate of drug-likeness (QED) is 0.393. The van der Waals surface area contributed by atoms with Crippen molar-refractivity contribution in [3.63, 3.8) is 0 Å². The number of aryl methyl sites for hydroxylation is 3. The Hall–Kier alpha value is -2.88. The van der Waals surface area contributed by atoms with Crippen LogP contribution in [0.1, 0.15) is 57.7 Å². The van der Waals surface area contributed by atoms with E-state index in [-0.39, 0.29) is 0 Å².